The van der Waals surface area contributed by atoms with Crippen LogP contribution in [-0.2, 0) is 17.8 Å². The van der Waals surface area contributed by atoms with E-state index < -0.39 is 11.3 Å². The predicted molar refractivity (Wildman–Crippen MR) is 85.8 cm³/mol. The predicted octanol–water partition coefficient (Wildman–Crippen LogP) is 0.966. The molecule has 0 fully saturated rings. The number of hydrogen-bond acceptors (Lipinski definition) is 7. The van der Waals surface area contributed by atoms with E-state index in [1.165, 1.54) is 7.11 Å². The van der Waals surface area contributed by atoms with Crippen LogP contribution in [0.2, 0.25) is 0 Å². The minimum atomic E-state index is -2.35. The molecule has 122 valence electrons. The van der Waals surface area contributed by atoms with Gasteiger partial charge in [0.15, 0.2) is 0 Å². The number of nitrogen functional groups attached to an aromatic ring is 1. The summed E-state index contributed by atoms with van der Waals surface area (Å²) in [5, 5.41) is 18.7. The molecule has 0 radical (unpaired) electrons. The van der Waals surface area contributed by atoms with Gasteiger partial charge in [-0.15, -0.1) is 0 Å². The zero-order chi connectivity index (χ0) is 17.7. The summed E-state index contributed by atoms with van der Waals surface area (Å²) in [5.74, 6) is 0.00680. The third-order valence-corrected chi connectivity index (χ3v) is 3.63. The van der Waals surface area contributed by atoms with Crippen molar-refractivity contribution in [2.45, 2.75) is 6.54 Å². The van der Waals surface area contributed by atoms with Crippen LogP contribution in [0.3, 0.4) is 0 Å². The van der Waals surface area contributed by atoms with Crippen LogP contribution in [0.25, 0.3) is 11.1 Å². The lowest BCUT2D eigenvalue weighted by atomic mass is 9.95. The van der Waals surface area contributed by atoms with Gasteiger partial charge in [-0.2, -0.15) is 15.5 Å². The van der Waals surface area contributed by atoms with E-state index in [0.717, 1.165) is 0 Å². The lowest BCUT2D eigenvalue weighted by Gasteiger charge is -2.13. The molecule has 1 aromatic carbocycles. The molecule has 0 aliphatic carbocycles. The van der Waals surface area contributed by atoms with Gasteiger partial charge in [-0.05, 0) is 11.1 Å². The van der Waals surface area contributed by atoms with E-state index in [4.69, 9.17) is 10.5 Å². The molecule has 0 saturated heterocycles. The molecule has 2 rings (SSSR count). The van der Waals surface area contributed by atoms with E-state index in [1.807, 2.05) is 12.1 Å². The molecule has 1 aromatic heterocycles. The number of hydrogen-bond donors (Lipinski definition) is 2. The summed E-state index contributed by atoms with van der Waals surface area (Å²) in [6.45, 7) is 0.133. The molecule has 1 heterocycles. The number of nitrogens with two attached hydrogens (primary N) is 1. The summed E-state index contributed by atoms with van der Waals surface area (Å²) in [7, 11) is 1.36. The number of methoxy groups -OCH3 is 1. The first kappa shape index (κ1) is 17.4. The highest BCUT2D eigenvalue weighted by Gasteiger charge is 2.20. The van der Waals surface area contributed by atoms with E-state index in [9.17, 15) is 19.3 Å². The van der Waals surface area contributed by atoms with Crippen LogP contribution in [0.1, 0.15) is 16.7 Å². The van der Waals surface area contributed by atoms with Crippen molar-refractivity contribution in [2.24, 2.45) is 0 Å². The highest BCUT2D eigenvalue weighted by Crippen LogP contribution is 2.34. The topological polar surface area (TPSA) is 148 Å². The highest BCUT2D eigenvalue weighted by molar-refractivity contribution is 7.77. The van der Waals surface area contributed by atoms with E-state index in [0.29, 0.717) is 16.7 Å². The normalized spacial score (nSPS) is 11.3. The Labute approximate surface area is 140 Å². The second-order valence-electron chi connectivity index (χ2n) is 4.61. The number of ether oxygens (including phenoxy) is 1. The third-order valence-electron chi connectivity index (χ3n) is 3.25. The van der Waals surface area contributed by atoms with Crippen molar-refractivity contribution in [3.05, 3.63) is 41.0 Å². The molecule has 0 aliphatic rings. The fourth-order valence-corrected chi connectivity index (χ4v) is 2.45. The van der Waals surface area contributed by atoms with Gasteiger partial charge < -0.3 is 15.0 Å². The Morgan fingerprint density at radius 2 is 1.92 bits per heavy atom. The van der Waals surface area contributed by atoms with Gasteiger partial charge in [-0.25, -0.2) is 4.72 Å². The number of nitrogens with one attached hydrogen (secondary N) is 1. The first-order chi connectivity index (χ1) is 11.5. The first-order valence-corrected chi connectivity index (χ1v) is 7.69. The van der Waals surface area contributed by atoms with E-state index >= 15 is 0 Å². The van der Waals surface area contributed by atoms with E-state index in [1.54, 1.807) is 24.3 Å². The zero-order valence-corrected chi connectivity index (χ0v) is 13.4. The molecule has 1 atom stereocenters. The summed E-state index contributed by atoms with van der Waals surface area (Å²) in [5.41, 5.74) is 7.59. The number of benzene rings is 1. The Morgan fingerprint density at radius 3 is 2.42 bits per heavy atom. The number of nitriles is 2. The van der Waals surface area contributed by atoms with Crippen molar-refractivity contribution < 1.29 is 13.5 Å². The number of pyridine rings is 1. The van der Waals surface area contributed by atoms with E-state index in [-0.39, 0.29) is 29.4 Å². The number of nitrogens with zero attached hydrogens (tertiary/aromatic N) is 3. The summed E-state index contributed by atoms with van der Waals surface area (Å²) in [6.07, 6.45) is 0. The van der Waals surface area contributed by atoms with Crippen LogP contribution in [0.5, 0.6) is 5.88 Å². The minimum Gasteiger partial charge on any atom is -0.760 e. The summed E-state index contributed by atoms with van der Waals surface area (Å²) in [4.78, 5) is 3.92. The maximum atomic E-state index is 10.5. The van der Waals surface area contributed by atoms with Crippen molar-refractivity contribution in [1.82, 2.24) is 9.71 Å². The largest absolute Gasteiger partial charge is 0.760 e. The van der Waals surface area contributed by atoms with Gasteiger partial charge in [-0.3, -0.25) is 4.21 Å². The second kappa shape index (κ2) is 7.53. The molecule has 2 aromatic rings. The fourth-order valence-electron chi connectivity index (χ4n) is 2.17. The van der Waals surface area contributed by atoms with Crippen molar-refractivity contribution in [1.29, 1.82) is 10.5 Å². The van der Waals surface area contributed by atoms with Crippen molar-refractivity contribution in [3.8, 4) is 29.1 Å². The molecule has 8 nitrogen and oxygen atoms in total. The molecule has 0 saturated carbocycles. The number of aromatic nitrogens is 1. The summed E-state index contributed by atoms with van der Waals surface area (Å²) in [6, 6.07) is 10.6. The van der Waals surface area contributed by atoms with Crippen LogP contribution < -0.4 is 15.2 Å². The standard InChI is InChI=1S/C15H13N5O3S/c1-23-15-12(7-17)13(11(6-16)14(18)20-15)10-4-2-9(3-5-10)8-19-24(21)22/h2-5,19H,8H2,1H3,(H2,18,20)(H,21,22)/p-1. The van der Waals surface area contributed by atoms with Crippen LogP contribution >= 0.6 is 0 Å². The van der Waals surface area contributed by atoms with Gasteiger partial charge in [0, 0.05) is 23.4 Å². The molecule has 1 unspecified atom stereocenters. The van der Waals surface area contributed by atoms with Gasteiger partial charge in [0.2, 0.25) is 5.88 Å². The molecule has 0 spiro atoms. The number of rotatable bonds is 5. The monoisotopic (exact) mass is 342 g/mol. The Morgan fingerprint density at radius 1 is 1.29 bits per heavy atom. The molecule has 0 aliphatic heterocycles. The second-order valence-corrected chi connectivity index (χ2v) is 5.37. The summed E-state index contributed by atoms with van der Waals surface area (Å²) >= 11 is -2.35. The quantitative estimate of drug-likeness (QED) is 0.769. The van der Waals surface area contributed by atoms with Gasteiger partial charge >= 0.3 is 0 Å². The van der Waals surface area contributed by atoms with Crippen molar-refractivity contribution in [2.75, 3.05) is 12.8 Å². The highest BCUT2D eigenvalue weighted by atomic mass is 32.2. The Kier molecular flexibility index (Phi) is 5.45. The van der Waals surface area contributed by atoms with Gasteiger partial charge in [0.25, 0.3) is 0 Å². The Bertz CT molecular complexity index is 869. The van der Waals surface area contributed by atoms with Gasteiger partial charge in [0.05, 0.1) is 7.11 Å². The van der Waals surface area contributed by atoms with Crippen LogP contribution in [0.4, 0.5) is 5.82 Å². The van der Waals surface area contributed by atoms with Crippen molar-refractivity contribution >= 4 is 17.1 Å². The maximum absolute atomic E-state index is 10.5. The lowest BCUT2D eigenvalue weighted by Crippen LogP contribution is -2.15. The number of anilines is 1. The zero-order valence-electron chi connectivity index (χ0n) is 12.6. The van der Waals surface area contributed by atoms with Gasteiger partial charge in [-0.1, -0.05) is 24.3 Å². The fraction of sp³-hybridized carbons (Fsp3) is 0.133. The molecule has 0 bridgehead atoms. The molecular weight excluding hydrogens is 330 g/mol. The third kappa shape index (κ3) is 3.50. The summed E-state index contributed by atoms with van der Waals surface area (Å²) < 4.78 is 28.4. The first-order valence-electron chi connectivity index (χ1n) is 6.61. The SMILES string of the molecule is COc1nc(N)c(C#N)c(-c2ccc(CNS(=O)[O-])cc2)c1C#N. The smallest absolute Gasteiger partial charge is 0.234 e. The van der Waals surface area contributed by atoms with Crippen LogP contribution in [0, 0.1) is 22.7 Å². The van der Waals surface area contributed by atoms with Crippen molar-refractivity contribution in [3.63, 3.8) is 0 Å². The molecule has 24 heavy (non-hydrogen) atoms. The molecular formula is C15H12N5O3S-. The Balaban J connectivity index is 2.55. The van der Waals surface area contributed by atoms with E-state index in [2.05, 4.69) is 9.71 Å². The van der Waals surface area contributed by atoms with Crippen LogP contribution in [-0.4, -0.2) is 20.9 Å². The van der Waals surface area contributed by atoms with Gasteiger partial charge in [0.1, 0.15) is 29.1 Å². The maximum Gasteiger partial charge on any atom is 0.234 e. The average Bonchev–Trinajstić information content (AvgIpc) is 2.59. The molecule has 0 amide bonds. The molecule has 3 N–H and O–H groups in total. The average molecular weight is 342 g/mol. The molecule has 9 heteroatoms. The minimum absolute atomic E-state index is 0.0316. The van der Waals surface area contributed by atoms with Crippen LogP contribution in [0.15, 0.2) is 24.3 Å². The lowest BCUT2D eigenvalue weighted by molar-refractivity contribution is 0.397. The Hall–Kier alpha value is -2.98.